The first kappa shape index (κ1) is 16.1. The van der Waals surface area contributed by atoms with E-state index in [2.05, 4.69) is 6.07 Å². The van der Waals surface area contributed by atoms with E-state index in [0.29, 0.717) is 4.90 Å². The van der Waals surface area contributed by atoms with Crippen LogP contribution in [0.3, 0.4) is 0 Å². The molecule has 0 aromatic heterocycles. The maximum absolute atomic E-state index is 13.5. The van der Waals surface area contributed by atoms with Crippen LogP contribution in [-0.4, -0.2) is 14.5 Å². The molecule has 23 heavy (non-hydrogen) atoms. The molecule has 2 aromatic carbocycles. The number of rotatable bonds is 2. The quantitative estimate of drug-likeness (QED) is 0.833. The molecule has 0 bridgehead atoms. The number of nitrogens with zero attached hydrogens (tertiary/aromatic N) is 1. The lowest BCUT2D eigenvalue weighted by Crippen LogP contribution is -2.36. The minimum absolute atomic E-state index is 0.0583. The van der Waals surface area contributed by atoms with E-state index < -0.39 is 10.0 Å². The van der Waals surface area contributed by atoms with Crippen molar-refractivity contribution in [1.82, 2.24) is 0 Å². The van der Waals surface area contributed by atoms with Gasteiger partial charge in [0.1, 0.15) is 0 Å². The molecule has 1 aliphatic rings. The van der Waals surface area contributed by atoms with Crippen LogP contribution in [-0.2, 0) is 16.4 Å². The number of anilines is 1. The molecule has 0 saturated heterocycles. The van der Waals surface area contributed by atoms with Crippen molar-refractivity contribution >= 4 is 15.7 Å². The van der Waals surface area contributed by atoms with Gasteiger partial charge in [0.2, 0.25) is 0 Å². The molecule has 0 N–H and O–H groups in total. The molecule has 3 rings (SSSR count). The number of benzene rings is 2. The maximum atomic E-state index is 13.5. The molecule has 1 heterocycles. The topological polar surface area (TPSA) is 37.4 Å². The second kappa shape index (κ2) is 5.38. The van der Waals surface area contributed by atoms with E-state index in [4.69, 9.17) is 0 Å². The summed E-state index contributed by atoms with van der Waals surface area (Å²) in [5.41, 5.74) is 5.66. The molecule has 122 valence electrons. The average molecular weight is 329 g/mol. The Hall–Kier alpha value is -1.81. The van der Waals surface area contributed by atoms with Crippen LogP contribution in [0, 0.1) is 27.7 Å². The first-order valence-electron chi connectivity index (χ1n) is 7.95. The van der Waals surface area contributed by atoms with Crippen molar-refractivity contribution < 1.29 is 8.42 Å². The Morgan fingerprint density at radius 1 is 1.00 bits per heavy atom. The van der Waals surface area contributed by atoms with Crippen molar-refractivity contribution in [2.24, 2.45) is 0 Å². The number of hydrogen-bond donors (Lipinski definition) is 0. The Labute approximate surface area is 139 Å². The summed E-state index contributed by atoms with van der Waals surface area (Å²) in [7, 11) is -3.57. The van der Waals surface area contributed by atoms with Crippen LogP contribution < -0.4 is 4.31 Å². The van der Waals surface area contributed by atoms with Gasteiger partial charge in [-0.15, -0.1) is 0 Å². The second-order valence-corrected chi connectivity index (χ2v) is 8.32. The number of sulfonamides is 1. The van der Waals surface area contributed by atoms with Gasteiger partial charge in [0.15, 0.2) is 0 Å². The number of hydrogen-bond acceptors (Lipinski definition) is 2. The molecule has 4 heteroatoms. The lowest BCUT2D eigenvalue weighted by atomic mass is 10.0. The van der Waals surface area contributed by atoms with Gasteiger partial charge >= 0.3 is 0 Å². The summed E-state index contributed by atoms with van der Waals surface area (Å²) < 4.78 is 28.6. The highest BCUT2D eigenvalue weighted by Gasteiger charge is 2.37. The Balaban J connectivity index is 2.26. The zero-order valence-electron chi connectivity index (χ0n) is 14.3. The third kappa shape index (κ3) is 2.36. The normalized spacial score (nSPS) is 17.4. The van der Waals surface area contributed by atoms with Crippen molar-refractivity contribution in [3.8, 4) is 0 Å². The standard InChI is InChI=1S/C19H23NO2S/c1-12-10-13(2)16(5)19(15(12)4)23(21,22)20-14(3)11-17-8-6-7-9-18(17)20/h6-10,14H,11H2,1-5H3/t14-/m0/s1. The lowest BCUT2D eigenvalue weighted by molar-refractivity contribution is 0.582. The van der Waals surface area contributed by atoms with Gasteiger partial charge in [0.05, 0.1) is 10.6 Å². The summed E-state index contributed by atoms with van der Waals surface area (Å²) in [5, 5.41) is 0. The highest BCUT2D eigenvalue weighted by molar-refractivity contribution is 7.93. The fourth-order valence-corrected chi connectivity index (χ4v) is 5.85. The zero-order chi connectivity index (χ0) is 16.9. The summed E-state index contributed by atoms with van der Waals surface area (Å²) in [6, 6.07) is 9.80. The van der Waals surface area contributed by atoms with Crippen molar-refractivity contribution in [2.75, 3.05) is 4.31 Å². The molecule has 3 nitrogen and oxygen atoms in total. The molecule has 0 unspecified atom stereocenters. The van der Waals surface area contributed by atoms with Crippen LogP contribution in [0.4, 0.5) is 5.69 Å². The fourth-order valence-electron chi connectivity index (χ4n) is 3.57. The number of aryl methyl sites for hydroxylation is 2. The molecule has 0 fully saturated rings. The Morgan fingerprint density at radius 2 is 1.57 bits per heavy atom. The summed E-state index contributed by atoms with van der Waals surface area (Å²) in [6.45, 7) is 9.73. The van der Waals surface area contributed by atoms with E-state index in [9.17, 15) is 8.42 Å². The molecule has 0 saturated carbocycles. The van der Waals surface area contributed by atoms with E-state index in [0.717, 1.165) is 39.9 Å². The monoisotopic (exact) mass is 329 g/mol. The van der Waals surface area contributed by atoms with Crippen molar-refractivity contribution in [1.29, 1.82) is 0 Å². The predicted octanol–water partition coefficient (Wildman–Crippen LogP) is 4.06. The minimum atomic E-state index is -3.57. The van der Waals surface area contributed by atoms with Crippen molar-refractivity contribution in [2.45, 2.75) is 52.0 Å². The third-order valence-electron chi connectivity index (χ3n) is 4.96. The predicted molar refractivity (Wildman–Crippen MR) is 94.7 cm³/mol. The van der Waals surface area contributed by atoms with Crippen LogP contribution in [0.15, 0.2) is 35.2 Å². The minimum Gasteiger partial charge on any atom is -0.263 e. The third-order valence-corrected chi connectivity index (χ3v) is 7.16. The first-order valence-corrected chi connectivity index (χ1v) is 9.39. The molecule has 1 atom stereocenters. The van der Waals surface area contributed by atoms with Gasteiger partial charge in [0.25, 0.3) is 10.0 Å². The second-order valence-electron chi connectivity index (χ2n) is 6.57. The molecule has 0 radical (unpaired) electrons. The number of fused-ring (bicyclic) bond motifs is 1. The Bertz CT molecular complexity index is 858. The molecule has 0 amide bonds. The summed E-state index contributed by atoms with van der Waals surface area (Å²) in [4.78, 5) is 0.471. The highest BCUT2D eigenvalue weighted by atomic mass is 32.2. The smallest absolute Gasteiger partial charge is 0.263 e. The van der Waals surface area contributed by atoms with Crippen LogP contribution in [0.2, 0.25) is 0 Å². The van der Waals surface area contributed by atoms with Crippen molar-refractivity contribution in [3.05, 3.63) is 58.1 Å². The van der Waals surface area contributed by atoms with E-state index in [1.54, 1.807) is 4.31 Å². The van der Waals surface area contributed by atoms with E-state index >= 15 is 0 Å². The van der Waals surface area contributed by atoms with Gasteiger partial charge in [0, 0.05) is 6.04 Å². The van der Waals surface area contributed by atoms with Gasteiger partial charge in [-0.1, -0.05) is 24.3 Å². The van der Waals surface area contributed by atoms with Crippen LogP contribution in [0.1, 0.15) is 34.7 Å². The zero-order valence-corrected chi connectivity index (χ0v) is 15.2. The number of para-hydroxylation sites is 1. The largest absolute Gasteiger partial charge is 0.265 e. The highest BCUT2D eigenvalue weighted by Crippen LogP contribution is 2.38. The first-order chi connectivity index (χ1) is 10.7. The van der Waals surface area contributed by atoms with Crippen LogP contribution in [0.5, 0.6) is 0 Å². The van der Waals surface area contributed by atoms with Gasteiger partial charge < -0.3 is 0 Å². The van der Waals surface area contributed by atoms with Gasteiger partial charge in [-0.05, 0) is 74.9 Å². The molecule has 0 aliphatic carbocycles. The molecule has 1 aliphatic heterocycles. The molecular formula is C19H23NO2S. The van der Waals surface area contributed by atoms with Gasteiger partial charge in [-0.25, -0.2) is 8.42 Å². The van der Waals surface area contributed by atoms with Crippen molar-refractivity contribution in [3.63, 3.8) is 0 Å². The van der Waals surface area contributed by atoms with Crippen LogP contribution in [0.25, 0.3) is 0 Å². The van der Waals surface area contributed by atoms with Crippen LogP contribution >= 0.6 is 0 Å². The molecular weight excluding hydrogens is 306 g/mol. The SMILES string of the molecule is Cc1cc(C)c(C)c(S(=O)(=O)N2c3ccccc3C[C@@H]2C)c1C. The summed E-state index contributed by atoms with van der Waals surface area (Å²) >= 11 is 0. The summed E-state index contributed by atoms with van der Waals surface area (Å²) in [5.74, 6) is 0. The Kier molecular flexibility index (Phi) is 3.75. The lowest BCUT2D eigenvalue weighted by Gasteiger charge is -2.27. The van der Waals surface area contributed by atoms with E-state index in [1.165, 1.54) is 0 Å². The van der Waals surface area contributed by atoms with E-state index in [1.807, 2.05) is 58.9 Å². The maximum Gasteiger partial charge on any atom is 0.265 e. The van der Waals surface area contributed by atoms with Gasteiger partial charge in [-0.2, -0.15) is 0 Å². The fraction of sp³-hybridized carbons (Fsp3) is 0.368. The van der Waals surface area contributed by atoms with E-state index in [-0.39, 0.29) is 6.04 Å². The summed E-state index contributed by atoms with van der Waals surface area (Å²) in [6.07, 6.45) is 0.762. The molecule has 0 spiro atoms. The molecule has 2 aromatic rings. The Morgan fingerprint density at radius 3 is 2.17 bits per heavy atom. The van der Waals surface area contributed by atoms with Gasteiger partial charge in [-0.3, -0.25) is 4.31 Å². The average Bonchev–Trinajstić information content (AvgIpc) is 2.81.